The van der Waals surface area contributed by atoms with Gasteiger partial charge in [-0.3, -0.25) is 4.90 Å². The van der Waals surface area contributed by atoms with Crippen molar-refractivity contribution in [3.63, 3.8) is 0 Å². The molecular weight excluding hydrogens is 410 g/mol. The number of thioether (sulfide) groups is 1. The molecule has 1 N–H and O–H groups in total. The molecule has 1 unspecified atom stereocenters. The molecule has 0 spiro atoms. The average Bonchev–Trinajstić information content (AvgIpc) is 3.18. The Morgan fingerprint density at radius 3 is 2.68 bits per heavy atom. The highest BCUT2D eigenvalue weighted by Gasteiger charge is 2.26. The Hall–Kier alpha value is -1.98. The summed E-state index contributed by atoms with van der Waals surface area (Å²) in [5, 5.41) is 15.0. The molecule has 3 rings (SSSR count). The standard InChI is InChI=1S/C24H33N3O3S/c1-4-12-29-18-21(28)16-26(15-19(2)3)17-22-23(20-8-6-5-7-9-20)25-30-24(22)27-10-13-31-14-11-27/h1,5-9,19,21,28H,10-18H2,2-3H3. The Kier molecular flexibility index (Phi) is 9.29. The van der Waals surface area contributed by atoms with Crippen molar-refractivity contribution in [1.29, 1.82) is 0 Å². The van der Waals surface area contributed by atoms with E-state index in [0.717, 1.165) is 53.8 Å². The number of aromatic nitrogens is 1. The first-order valence-electron chi connectivity index (χ1n) is 10.9. The van der Waals surface area contributed by atoms with E-state index >= 15 is 0 Å². The first-order valence-corrected chi connectivity index (χ1v) is 12.0. The second kappa shape index (κ2) is 12.2. The summed E-state index contributed by atoms with van der Waals surface area (Å²) >= 11 is 1.97. The van der Waals surface area contributed by atoms with Gasteiger partial charge in [0.05, 0.1) is 18.3 Å². The number of nitrogens with zero attached hydrogens (tertiary/aromatic N) is 3. The number of hydrogen-bond acceptors (Lipinski definition) is 7. The first-order chi connectivity index (χ1) is 15.1. The van der Waals surface area contributed by atoms with Crippen LogP contribution in [-0.2, 0) is 11.3 Å². The third-order valence-corrected chi connectivity index (χ3v) is 6.03. The summed E-state index contributed by atoms with van der Waals surface area (Å²) < 4.78 is 11.3. The highest BCUT2D eigenvalue weighted by Crippen LogP contribution is 2.33. The summed E-state index contributed by atoms with van der Waals surface area (Å²) in [4.78, 5) is 4.56. The predicted molar refractivity (Wildman–Crippen MR) is 127 cm³/mol. The molecule has 1 saturated heterocycles. The van der Waals surface area contributed by atoms with Crippen LogP contribution in [0.5, 0.6) is 0 Å². The Bertz CT molecular complexity index is 828. The zero-order chi connectivity index (χ0) is 22.1. The van der Waals surface area contributed by atoms with Gasteiger partial charge < -0.3 is 19.3 Å². The molecule has 0 radical (unpaired) electrons. The van der Waals surface area contributed by atoms with Crippen LogP contribution in [0.4, 0.5) is 5.88 Å². The van der Waals surface area contributed by atoms with Crippen LogP contribution < -0.4 is 4.90 Å². The average molecular weight is 444 g/mol. The van der Waals surface area contributed by atoms with E-state index in [4.69, 9.17) is 15.7 Å². The van der Waals surface area contributed by atoms with E-state index in [1.165, 1.54) is 0 Å². The largest absolute Gasteiger partial charge is 0.389 e. The summed E-state index contributed by atoms with van der Waals surface area (Å²) in [6.07, 6.45) is 4.63. The molecule has 6 nitrogen and oxygen atoms in total. The quantitative estimate of drug-likeness (QED) is 0.422. The molecule has 1 atom stereocenters. The second-order valence-corrected chi connectivity index (χ2v) is 9.47. The summed E-state index contributed by atoms with van der Waals surface area (Å²) in [5.74, 6) is 5.91. The van der Waals surface area contributed by atoms with Gasteiger partial charge in [0.25, 0.3) is 0 Å². The molecule has 1 fully saturated rings. The molecule has 1 aliphatic rings. The number of anilines is 1. The van der Waals surface area contributed by atoms with Crippen molar-refractivity contribution in [2.24, 2.45) is 5.92 Å². The number of rotatable bonds is 11. The summed E-state index contributed by atoms with van der Waals surface area (Å²) in [7, 11) is 0. The van der Waals surface area contributed by atoms with Crippen LogP contribution in [0.25, 0.3) is 11.3 Å². The van der Waals surface area contributed by atoms with Crippen molar-refractivity contribution >= 4 is 17.6 Å². The van der Waals surface area contributed by atoms with Gasteiger partial charge in [0.15, 0.2) is 0 Å². The second-order valence-electron chi connectivity index (χ2n) is 8.24. The molecule has 7 heteroatoms. The van der Waals surface area contributed by atoms with Gasteiger partial charge in [0.1, 0.15) is 12.3 Å². The molecule has 1 aliphatic heterocycles. The van der Waals surface area contributed by atoms with Gasteiger partial charge in [0, 0.05) is 49.8 Å². The van der Waals surface area contributed by atoms with Crippen LogP contribution in [0.1, 0.15) is 19.4 Å². The Morgan fingerprint density at radius 2 is 2.00 bits per heavy atom. The normalized spacial score (nSPS) is 15.4. The molecule has 1 aromatic heterocycles. The number of benzene rings is 1. The molecule has 2 heterocycles. The van der Waals surface area contributed by atoms with Crippen LogP contribution in [-0.4, -0.2) is 72.2 Å². The van der Waals surface area contributed by atoms with E-state index in [1.54, 1.807) is 0 Å². The van der Waals surface area contributed by atoms with Gasteiger partial charge in [0.2, 0.25) is 5.88 Å². The summed E-state index contributed by atoms with van der Waals surface area (Å²) in [6, 6.07) is 10.2. The fraction of sp³-hybridized carbons (Fsp3) is 0.542. The van der Waals surface area contributed by atoms with Crippen LogP contribution in [0.2, 0.25) is 0 Å². The molecule has 2 aromatic rings. The van der Waals surface area contributed by atoms with Gasteiger partial charge in [-0.1, -0.05) is 55.3 Å². The van der Waals surface area contributed by atoms with E-state index in [1.807, 2.05) is 30.0 Å². The lowest BCUT2D eigenvalue weighted by molar-refractivity contribution is 0.0238. The smallest absolute Gasteiger partial charge is 0.232 e. The zero-order valence-corrected chi connectivity index (χ0v) is 19.3. The van der Waals surface area contributed by atoms with Gasteiger partial charge in [-0.25, -0.2) is 0 Å². The molecule has 0 aliphatic carbocycles. The van der Waals surface area contributed by atoms with Gasteiger partial charge >= 0.3 is 0 Å². The minimum atomic E-state index is -0.609. The van der Waals surface area contributed by atoms with Crippen molar-refractivity contribution in [1.82, 2.24) is 10.1 Å². The summed E-state index contributed by atoms with van der Waals surface area (Å²) in [5.41, 5.74) is 3.00. The van der Waals surface area contributed by atoms with E-state index in [9.17, 15) is 5.11 Å². The van der Waals surface area contributed by atoms with Crippen LogP contribution >= 0.6 is 11.8 Å². The van der Waals surface area contributed by atoms with Crippen molar-refractivity contribution in [3.05, 3.63) is 35.9 Å². The van der Waals surface area contributed by atoms with Crippen LogP contribution in [0, 0.1) is 18.3 Å². The lowest BCUT2D eigenvalue weighted by atomic mass is 10.1. The highest BCUT2D eigenvalue weighted by molar-refractivity contribution is 7.99. The number of terminal acetylenes is 1. The number of aliphatic hydroxyl groups is 1. The SMILES string of the molecule is C#CCOCC(O)CN(Cc1c(-c2ccccc2)noc1N1CCSCC1)CC(C)C. The fourth-order valence-electron chi connectivity index (χ4n) is 3.83. The van der Waals surface area contributed by atoms with E-state index in [0.29, 0.717) is 19.0 Å². The van der Waals surface area contributed by atoms with Crippen molar-refractivity contribution < 1.29 is 14.4 Å². The number of aliphatic hydroxyl groups excluding tert-OH is 1. The molecule has 0 saturated carbocycles. The monoisotopic (exact) mass is 443 g/mol. The third-order valence-electron chi connectivity index (χ3n) is 5.08. The van der Waals surface area contributed by atoms with E-state index in [-0.39, 0.29) is 13.2 Å². The number of ether oxygens (including phenoxy) is 1. The Morgan fingerprint density at radius 1 is 1.26 bits per heavy atom. The molecule has 0 amide bonds. The maximum Gasteiger partial charge on any atom is 0.232 e. The number of hydrogen-bond donors (Lipinski definition) is 1. The lowest BCUT2D eigenvalue weighted by Gasteiger charge is -2.29. The van der Waals surface area contributed by atoms with Crippen molar-refractivity contribution in [3.8, 4) is 23.6 Å². The zero-order valence-electron chi connectivity index (χ0n) is 18.5. The van der Waals surface area contributed by atoms with E-state index in [2.05, 4.69) is 46.9 Å². The molecule has 31 heavy (non-hydrogen) atoms. The van der Waals surface area contributed by atoms with Gasteiger partial charge in [-0.2, -0.15) is 11.8 Å². The van der Waals surface area contributed by atoms with E-state index < -0.39 is 6.10 Å². The van der Waals surface area contributed by atoms with Crippen LogP contribution in [0.15, 0.2) is 34.9 Å². The highest BCUT2D eigenvalue weighted by atomic mass is 32.2. The lowest BCUT2D eigenvalue weighted by Crippen LogP contribution is -2.38. The Labute approximate surface area is 189 Å². The van der Waals surface area contributed by atoms with Crippen molar-refractivity contribution in [2.75, 3.05) is 55.8 Å². The summed E-state index contributed by atoms with van der Waals surface area (Å²) in [6.45, 7) is 8.70. The predicted octanol–water partition coefficient (Wildman–Crippen LogP) is 3.36. The fourth-order valence-corrected chi connectivity index (χ4v) is 4.73. The molecular formula is C24H33N3O3S. The Balaban J connectivity index is 1.85. The van der Waals surface area contributed by atoms with Crippen LogP contribution in [0.3, 0.4) is 0 Å². The first kappa shape index (κ1) is 23.7. The topological polar surface area (TPSA) is 62.0 Å². The minimum absolute atomic E-state index is 0.210. The molecule has 1 aromatic carbocycles. The van der Waals surface area contributed by atoms with Gasteiger partial charge in [-0.15, -0.1) is 6.42 Å². The minimum Gasteiger partial charge on any atom is -0.389 e. The molecule has 168 valence electrons. The molecule has 0 bridgehead atoms. The van der Waals surface area contributed by atoms with Gasteiger partial charge in [-0.05, 0) is 5.92 Å². The van der Waals surface area contributed by atoms with Crippen molar-refractivity contribution in [2.45, 2.75) is 26.5 Å². The third kappa shape index (κ3) is 7.01. The maximum atomic E-state index is 10.5. The maximum absolute atomic E-state index is 10.5.